The van der Waals surface area contributed by atoms with Crippen molar-refractivity contribution in [2.75, 3.05) is 18.2 Å². The van der Waals surface area contributed by atoms with Crippen LogP contribution in [0, 0.1) is 6.92 Å². The normalized spacial score (nSPS) is 27.6. The minimum absolute atomic E-state index is 0.00503. The van der Waals surface area contributed by atoms with E-state index in [2.05, 4.69) is 15.4 Å². The highest BCUT2D eigenvalue weighted by Crippen LogP contribution is 2.31. The van der Waals surface area contributed by atoms with Crippen molar-refractivity contribution in [2.24, 2.45) is 0 Å². The van der Waals surface area contributed by atoms with Crippen molar-refractivity contribution in [3.63, 3.8) is 0 Å². The van der Waals surface area contributed by atoms with E-state index in [1.165, 1.54) is 16.4 Å². The van der Waals surface area contributed by atoms with E-state index in [4.69, 9.17) is 4.74 Å². The van der Waals surface area contributed by atoms with E-state index in [1.54, 1.807) is 18.4 Å². The van der Waals surface area contributed by atoms with Crippen LogP contribution in [0.25, 0.3) is 0 Å². The first-order valence-electron chi connectivity index (χ1n) is 8.55. The molecular formula is C17H22N4O6S. The van der Waals surface area contributed by atoms with Gasteiger partial charge in [-0.05, 0) is 24.8 Å². The highest BCUT2D eigenvalue weighted by molar-refractivity contribution is 7.98. The molecule has 1 aromatic heterocycles. The quantitative estimate of drug-likeness (QED) is 0.412. The number of carbonyl (C=O) groups is 1. The summed E-state index contributed by atoms with van der Waals surface area (Å²) in [7, 11) is 0. The summed E-state index contributed by atoms with van der Waals surface area (Å²) in [5.41, 5.74) is 1.26. The maximum atomic E-state index is 12.5. The van der Waals surface area contributed by atoms with Crippen LogP contribution in [-0.2, 0) is 4.74 Å². The van der Waals surface area contributed by atoms with Crippen LogP contribution < -0.4 is 5.32 Å². The summed E-state index contributed by atoms with van der Waals surface area (Å²) in [6, 6.07) is 7.05. The van der Waals surface area contributed by atoms with Gasteiger partial charge in [-0.2, -0.15) is 4.98 Å². The number of benzene rings is 1. The van der Waals surface area contributed by atoms with E-state index in [0.717, 1.165) is 5.56 Å². The summed E-state index contributed by atoms with van der Waals surface area (Å²) in [5, 5.41) is 46.6. The van der Waals surface area contributed by atoms with Gasteiger partial charge in [0.05, 0.1) is 6.61 Å². The molecule has 5 unspecified atom stereocenters. The van der Waals surface area contributed by atoms with Crippen LogP contribution in [-0.4, -0.2) is 78.4 Å². The number of nitrogens with zero attached hydrogens (tertiary/aromatic N) is 3. The summed E-state index contributed by atoms with van der Waals surface area (Å²) < 4.78 is 6.71. The molecule has 152 valence electrons. The third-order valence-corrected chi connectivity index (χ3v) is 5.15. The lowest BCUT2D eigenvalue weighted by molar-refractivity contribution is -0.255. The van der Waals surface area contributed by atoms with E-state index >= 15 is 0 Å². The summed E-state index contributed by atoms with van der Waals surface area (Å²) in [5.74, 6) is -0.397. The zero-order chi connectivity index (χ0) is 20.4. The maximum Gasteiger partial charge on any atom is 0.258 e. The Morgan fingerprint density at radius 3 is 2.61 bits per heavy atom. The van der Waals surface area contributed by atoms with E-state index in [0.29, 0.717) is 10.7 Å². The van der Waals surface area contributed by atoms with Crippen molar-refractivity contribution >= 4 is 23.6 Å². The number of rotatable bonds is 5. The molecule has 2 heterocycles. The minimum Gasteiger partial charge on any atom is -0.394 e. The van der Waals surface area contributed by atoms with Gasteiger partial charge in [-0.3, -0.25) is 10.1 Å². The molecule has 0 saturated carbocycles. The van der Waals surface area contributed by atoms with Crippen molar-refractivity contribution in [3.05, 3.63) is 35.4 Å². The molecule has 1 aliphatic heterocycles. The van der Waals surface area contributed by atoms with Gasteiger partial charge in [0, 0.05) is 5.56 Å². The maximum absolute atomic E-state index is 12.5. The van der Waals surface area contributed by atoms with E-state index in [-0.39, 0.29) is 5.95 Å². The number of aryl methyl sites for hydroxylation is 1. The Bertz CT molecular complexity index is 845. The molecule has 28 heavy (non-hydrogen) atoms. The number of nitrogens with one attached hydrogen (secondary N) is 1. The van der Waals surface area contributed by atoms with E-state index in [1.807, 2.05) is 19.1 Å². The van der Waals surface area contributed by atoms with Gasteiger partial charge in [-0.25, -0.2) is 4.68 Å². The fraction of sp³-hybridized carbons (Fsp3) is 0.471. The molecule has 0 spiro atoms. The molecule has 1 amide bonds. The second-order valence-electron chi connectivity index (χ2n) is 6.36. The van der Waals surface area contributed by atoms with Gasteiger partial charge in [0.15, 0.2) is 11.4 Å². The van der Waals surface area contributed by atoms with Crippen LogP contribution >= 0.6 is 11.8 Å². The molecular weight excluding hydrogens is 388 g/mol. The number of carbonyl (C=O) groups excluding carboxylic acids is 1. The third-order valence-electron chi connectivity index (χ3n) is 4.51. The predicted octanol–water partition coefficient (Wildman–Crippen LogP) is -0.467. The average molecular weight is 410 g/mol. The van der Waals surface area contributed by atoms with Gasteiger partial charge in [0.25, 0.3) is 5.91 Å². The largest absolute Gasteiger partial charge is 0.394 e. The lowest BCUT2D eigenvalue weighted by Crippen LogP contribution is -2.56. The summed E-state index contributed by atoms with van der Waals surface area (Å²) in [6.07, 6.45) is -5.08. The predicted molar refractivity (Wildman–Crippen MR) is 100.0 cm³/mol. The SMILES string of the molecule is CSc1nc(NC(=O)c2ccccc2C)nn1C1OC(CO)C(O)C(O)C1O. The number of anilines is 1. The molecule has 5 atom stereocenters. The molecule has 0 bridgehead atoms. The average Bonchev–Trinajstić information content (AvgIpc) is 3.09. The van der Waals surface area contributed by atoms with Crippen molar-refractivity contribution in [3.8, 4) is 0 Å². The molecule has 0 aliphatic carbocycles. The monoisotopic (exact) mass is 410 g/mol. The molecule has 11 heteroatoms. The van der Waals surface area contributed by atoms with Crippen molar-refractivity contribution in [1.29, 1.82) is 0 Å². The zero-order valence-corrected chi connectivity index (χ0v) is 16.1. The number of aliphatic hydroxyl groups is 4. The van der Waals surface area contributed by atoms with E-state index < -0.39 is 43.2 Å². The lowest BCUT2D eigenvalue weighted by atomic mass is 9.98. The Morgan fingerprint density at radius 1 is 1.25 bits per heavy atom. The molecule has 1 fully saturated rings. The van der Waals surface area contributed by atoms with Crippen LogP contribution in [0.5, 0.6) is 0 Å². The van der Waals surface area contributed by atoms with Gasteiger partial charge < -0.3 is 25.2 Å². The van der Waals surface area contributed by atoms with Crippen LogP contribution in [0.15, 0.2) is 29.4 Å². The van der Waals surface area contributed by atoms with Gasteiger partial charge >= 0.3 is 0 Å². The second-order valence-corrected chi connectivity index (χ2v) is 7.13. The highest BCUT2D eigenvalue weighted by atomic mass is 32.2. The van der Waals surface area contributed by atoms with Crippen molar-refractivity contribution in [2.45, 2.75) is 42.7 Å². The van der Waals surface area contributed by atoms with Gasteiger partial charge in [-0.15, -0.1) is 5.10 Å². The van der Waals surface area contributed by atoms with Gasteiger partial charge in [0.2, 0.25) is 5.95 Å². The Labute approximate surface area is 165 Å². The summed E-state index contributed by atoms with van der Waals surface area (Å²) >= 11 is 1.19. The Hall–Kier alpha value is -2.02. The van der Waals surface area contributed by atoms with Crippen molar-refractivity contribution < 1.29 is 30.0 Å². The number of amides is 1. The smallest absolute Gasteiger partial charge is 0.258 e. The first-order chi connectivity index (χ1) is 13.4. The molecule has 0 radical (unpaired) electrons. The van der Waals surface area contributed by atoms with Crippen LogP contribution in [0.4, 0.5) is 5.95 Å². The summed E-state index contributed by atoms with van der Waals surface area (Å²) in [4.78, 5) is 16.7. The third kappa shape index (κ3) is 3.90. The first kappa shape index (κ1) is 20.7. The minimum atomic E-state index is -1.54. The number of hydrogen-bond donors (Lipinski definition) is 5. The molecule has 10 nitrogen and oxygen atoms in total. The number of aliphatic hydroxyl groups excluding tert-OH is 4. The second kappa shape index (κ2) is 8.55. The number of aromatic nitrogens is 3. The van der Waals surface area contributed by atoms with Gasteiger partial charge in [0.1, 0.15) is 24.4 Å². The molecule has 1 aromatic carbocycles. The fourth-order valence-corrected chi connectivity index (χ4v) is 3.46. The lowest BCUT2D eigenvalue weighted by Gasteiger charge is -2.39. The van der Waals surface area contributed by atoms with Gasteiger partial charge in [-0.1, -0.05) is 30.0 Å². The topological polar surface area (TPSA) is 150 Å². The van der Waals surface area contributed by atoms with Crippen LogP contribution in [0.3, 0.4) is 0 Å². The number of hydrogen-bond acceptors (Lipinski definition) is 9. The highest BCUT2D eigenvalue weighted by Gasteiger charge is 2.45. The molecule has 5 N–H and O–H groups in total. The molecule has 1 aliphatic rings. The molecule has 3 rings (SSSR count). The van der Waals surface area contributed by atoms with Crippen LogP contribution in [0.2, 0.25) is 0 Å². The Balaban J connectivity index is 1.86. The molecule has 1 saturated heterocycles. The van der Waals surface area contributed by atoms with Crippen molar-refractivity contribution in [1.82, 2.24) is 14.8 Å². The zero-order valence-electron chi connectivity index (χ0n) is 15.3. The summed E-state index contributed by atoms with van der Waals surface area (Å²) in [6.45, 7) is 1.25. The van der Waals surface area contributed by atoms with Crippen LogP contribution in [0.1, 0.15) is 22.1 Å². The standard InChI is InChI=1S/C17H22N4O6S/c1-8-5-3-4-6-9(8)14(26)18-16-19-17(28-2)21(20-16)15-13(25)12(24)11(23)10(7-22)27-15/h3-6,10-13,15,22-25H,7H2,1-2H3,(H,18,20,26). The Kier molecular flexibility index (Phi) is 6.33. The van der Waals surface area contributed by atoms with E-state index in [9.17, 15) is 25.2 Å². The number of thioether (sulfide) groups is 1. The Morgan fingerprint density at radius 2 is 1.96 bits per heavy atom. The fourth-order valence-electron chi connectivity index (χ4n) is 2.95. The molecule has 2 aromatic rings. The first-order valence-corrected chi connectivity index (χ1v) is 9.78. The number of ether oxygens (including phenoxy) is 1.